The number of anilines is 1. The molecule has 0 unspecified atom stereocenters. The van der Waals surface area contributed by atoms with Crippen LogP contribution in [0.1, 0.15) is 35.4 Å². The number of hydrogen-bond acceptors (Lipinski definition) is 1. The van der Waals surface area contributed by atoms with E-state index in [1.165, 1.54) is 40.3 Å². The van der Waals surface area contributed by atoms with Crippen LogP contribution in [-0.4, -0.2) is 0 Å². The van der Waals surface area contributed by atoms with Gasteiger partial charge in [-0.2, -0.15) is 0 Å². The number of nitrogens with two attached hydrogens (primary N) is 1. The van der Waals surface area contributed by atoms with Gasteiger partial charge in [-0.05, 0) is 72.2 Å². The Morgan fingerprint density at radius 3 is 2.25 bits per heavy atom. The van der Waals surface area contributed by atoms with Crippen molar-refractivity contribution in [2.45, 2.75) is 32.6 Å². The van der Waals surface area contributed by atoms with Crippen LogP contribution in [0.15, 0.2) is 24.3 Å². The summed E-state index contributed by atoms with van der Waals surface area (Å²) in [5.41, 5.74) is 10.9. The molecule has 0 radical (unpaired) electrons. The highest BCUT2D eigenvalue weighted by atomic mass is 14.5. The Bertz CT molecular complexity index is 565. The van der Waals surface area contributed by atoms with Crippen molar-refractivity contribution in [3.63, 3.8) is 0 Å². The number of aryl methyl sites for hydroxylation is 2. The number of benzene rings is 2. The first kappa shape index (κ1) is 9.71. The monoisotopic (exact) mass is 211 g/mol. The molecule has 0 saturated heterocycles. The Morgan fingerprint density at radius 1 is 0.938 bits per heavy atom. The average Bonchev–Trinajstić information content (AvgIpc) is 3.02. The molecule has 0 spiro atoms. The predicted octanol–water partition coefficient (Wildman–Crippen LogP) is 3.92. The summed E-state index contributed by atoms with van der Waals surface area (Å²) in [5, 5.41) is 2.68. The summed E-state index contributed by atoms with van der Waals surface area (Å²) in [6, 6.07) is 8.85. The van der Waals surface area contributed by atoms with Crippen LogP contribution < -0.4 is 5.73 Å². The van der Waals surface area contributed by atoms with Crippen molar-refractivity contribution in [1.29, 1.82) is 0 Å². The zero-order valence-electron chi connectivity index (χ0n) is 9.88. The SMILES string of the molecule is Cc1cc(C2CC2)cc2c(C)cc(N)cc12. The van der Waals surface area contributed by atoms with Gasteiger partial charge in [0.15, 0.2) is 0 Å². The van der Waals surface area contributed by atoms with Crippen molar-refractivity contribution in [1.82, 2.24) is 0 Å². The fraction of sp³-hybridized carbons (Fsp3) is 0.333. The molecule has 1 nitrogen and oxygen atoms in total. The molecule has 0 atom stereocenters. The summed E-state index contributed by atoms with van der Waals surface area (Å²) in [4.78, 5) is 0. The molecule has 1 aliphatic rings. The van der Waals surface area contributed by atoms with Crippen LogP contribution in [-0.2, 0) is 0 Å². The van der Waals surface area contributed by atoms with Crippen molar-refractivity contribution in [3.05, 3.63) is 41.0 Å². The average molecular weight is 211 g/mol. The van der Waals surface area contributed by atoms with Gasteiger partial charge in [0.05, 0.1) is 0 Å². The van der Waals surface area contributed by atoms with Gasteiger partial charge in [-0.25, -0.2) is 0 Å². The Morgan fingerprint density at radius 2 is 1.56 bits per heavy atom. The van der Waals surface area contributed by atoms with E-state index >= 15 is 0 Å². The molecular weight excluding hydrogens is 194 g/mol. The summed E-state index contributed by atoms with van der Waals surface area (Å²) in [5.74, 6) is 0.819. The second-order valence-electron chi connectivity index (χ2n) is 5.04. The van der Waals surface area contributed by atoms with Gasteiger partial charge in [0.25, 0.3) is 0 Å². The minimum absolute atomic E-state index is 0.819. The molecule has 1 saturated carbocycles. The van der Waals surface area contributed by atoms with Gasteiger partial charge >= 0.3 is 0 Å². The van der Waals surface area contributed by atoms with E-state index in [0.29, 0.717) is 0 Å². The second-order valence-corrected chi connectivity index (χ2v) is 5.04. The molecule has 1 fully saturated rings. The minimum atomic E-state index is 0.819. The van der Waals surface area contributed by atoms with Crippen molar-refractivity contribution >= 4 is 16.5 Å². The molecule has 16 heavy (non-hydrogen) atoms. The molecule has 1 aliphatic carbocycles. The lowest BCUT2D eigenvalue weighted by Crippen LogP contribution is -1.91. The quantitative estimate of drug-likeness (QED) is 0.711. The fourth-order valence-electron chi connectivity index (χ4n) is 2.53. The van der Waals surface area contributed by atoms with Gasteiger partial charge in [-0.15, -0.1) is 0 Å². The third-order valence-electron chi connectivity index (χ3n) is 3.58. The lowest BCUT2D eigenvalue weighted by Gasteiger charge is -2.10. The van der Waals surface area contributed by atoms with Crippen LogP contribution in [0, 0.1) is 13.8 Å². The number of rotatable bonds is 1. The third kappa shape index (κ3) is 1.47. The third-order valence-corrected chi connectivity index (χ3v) is 3.58. The molecule has 0 aliphatic heterocycles. The molecule has 2 aromatic carbocycles. The van der Waals surface area contributed by atoms with Crippen molar-refractivity contribution in [3.8, 4) is 0 Å². The van der Waals surface area contributed by atoms with E-state index in [1.807, 2.05) is 0 Å². The van der Waals surface area contributed by atoms with E-state index < -0.39 is 0 Å². The highest BCUT2D eigenvalue weighted by molar-refractivity contribution is 5.91. The van der Waals surface area contributed by atoms with Crippen LogP contribution >= 0.6 is 0 Å². The van der Waals surface area contributed by atoms with E-state index in [0.717, 1.165) is 11.6 Å². The van der Waals surface area contributed by atoms with E-state index in [4.69, 9.17) is 5.73 Å². The predicted molar refractivity (Wildman–Crippen MR) is 69.8 cm³/mol. The summed E-state index contributed by atoms with van der Waals surface area (Å²) < 4.78 is 0. The van der Waals surface area contributed by atoms with Crippen molar-refractivity contribution < 1.29 is 0 Å². The molecule has 0 heterocycles. The van der Waals surface area contributed by atoms with Crippen molar-refractivity contribution in [2.75, 3.05) is 5.73 Å². The van der Waals surface area contributed by atoms with Crippen LogP contribution in [0.5, 0.6) is 0 Å². The molecule has 0 bridgehead atoms. The summed E-state index contributed by atoms with van der Waals surface area (Å²) in [7, 11) is 0. The lowest BCUT2D eigenvalue weighted by atomic mass is 9.96. The number of fused-ring (bicyclic) bond motifs is 1. The number of nitrogen functional groups attached to an aromatic ring is 1. The molecule has 2 N–H and O–H groups in total. The van der Waals surface area contributed by atoms with Gasteiger partial charge in [0.1, 0.15) is 0 Å². The first-order valence-electron chi connectivity index (χ1n) is 5.95. The molecule has 2 aromatic rings. The van der Waals surface area contributed by atoms with Gasteiger partial charge in [0.2, 0.25) is 0 Å². The van der Waals surface area contributed by atoms with E-state index in [1.54, 1.807) is 0 Å². The molecule has 1 heteroatoms. The maximum absolute atomic E-state index is 5.90. The van der Waals surface area contributed by atoms with Crippen LogP contribution in [0.2, 0.25) is 0 Å². The first-order chi connectivity index (χ1) is 7.65. The van der Waals surface area contributed by atoms with E-state index in [9.17, 15) is 0 Å². The Balaban J connectivity index is 2.32. The van der Waals surface area contributed by atoms with E-state index in [-0.39, 0.29) is 0 Å². The molecule has 3 rings (SSSR count). The highest BCUT2D eigenvalue weighted by Gasteiger charge is 2.24. The molecule has 0 amide bonds. The Kier molecular flexibility index (Phi) is 1.97. The van der Waals surface area contributed by atoms with Gasteiger partial charge in [0, 0.05) is 5.69 Å². The maximum Gasteiger partial charge on any atom is 0.0323 e. The minimum Gasteiger partial charge on any atom is -0.399 e. The zero-order valence-corrected chi connectivity index (χ0v) is 9.88. The zero-order chi connectivity index (χ0) is 11.3. The maximum atomic E-state index is 5.90. The number of hydrogen-bond donors (Lipinski definition) is 1. The molecule has 82 valence electrons. The van der Waals surface area contributed by atoms with Crippen LogP contribution in [0.4, 0.5) is 5.69 Å². The summed E-state index contributed by atoms with van der Waals surface area (Å²) in [6.45, 7) is 4.34. The van der Waals surface area contributed by atoms with Crippen LogP contribution in [0.25, 0.3) is 10.8 Å². The summed E-state index contributed by atoms with van der Waals surface area (Å²) >= 11 is 0. The molecular formula is C15H17N. The van der Waals surface area contributed by atoms with E-state index in [2.05, 4.69) is 38.1 Å². The first-order valence-corrected chi connectivity index (χ1v) is 5.95. The Hall–Kier alpha value is -1.50. The lowest BCUT2D eigenvalue weighted by molar-refractivity contribution is 1.13. The second kappa shape index (κ2) is 3.24. The Labute approximate surface area is 96.3 Å². The topological polar surface area (TPSA) is 26.0 Å². The normalized spacial score (nSPS) is 15.6. The van der Waals surface area contributed by atoms with Gasteiger partial charge in [-0.3, -0.25) is 0 Å². The smallest absolute Gasteiger partial charge is 0.0323 e. The standard InChI is InChI=1S/C15H17N/c1-9-5-12(11-3-4-11)7-14-10(2)6-13(16)8-15(9)14/h5-8,11H,3-4,16H2,1-2H3. The van der Waals surface area contributed by atoms with Crippen LogP contribution in [0.3, 0.4) is 0 Å². The fourth-order valence-corrected chi connectivity index (χ4v) is 2.53. The molecule has 0 aromatic heterocycles. The highest BCUT2D eigenvalue weighted by Crippen LogP contribution is 2.42. The van der Waals surface area contributed by atoms with Gasteiger partial charge < -0.3 is 5.73 Å². The summed E-state index contributed by atoms with van der Waals surface area (Å²) in [6.07, 6.45) is 2.72. The largest absolute Gasteiger partial charge is 0.399 e. The van der Waals surface area contributed by atoms with Gasteiger partial charge in [-0.1, -0.05) is 12.1 Å². The van der Waals surface area contributed by atoms with Crippen molar-refractivity contribution in [2.24, 2.45) is 0 Å².